The molecule has 0 aliphatic heterocycles. The fourth-order valence-corrected chi connectivity index (χ4v) is 2.53. The van der Waals surface area contributed by atoms with Crippen LogP contribution in [0, 0.1) is 11.3 Å². The van der Waals surface area contributed by atoms with Crippen LogP contribution >= 0.6 is 0 Å². The second kappa shape index (κ2) is 5.01. The predicted octanol–water partition coefficient (Wildman–Crippen LogP) is 5.12. The zero-order valence-electron chi connectivity index (χ0n) is 11.1. The van der Waals surface area contributed by atoms with E-state index in [1.54, 1.807) is 5.57 Å². The van der Waals surface area contributed by atoms with Crippen molar-refractivity contribution in [3.05, 3.63) is 23.3 Å². The van der Waals surface area contributed by atoms with Gasteiger partial charge in [-0.1, -0.05) is 51.0 Å². The van der Waals surface area contributed by atoms with Crippen LogP contribution in [0.4, 0.5) is 0 Å². The van der Waals surface area contributed by atoms with E-state index in [0.717, 1.165) is 5.92 Å². The summed E-state index contributed by atoms with van der Waals surface area (Å²) < 4.78 is 0. The highest BCUT2D eigenvalue weighted by molar-refractivity contribution is 5.21. The Kier molecular flexibility index (Phi) is 4.19. The molecule has 0 aromatic rings. The minimum absolute atomic E-state index is 0.452. The Bertz CT molecular complexity index is 266. The summed E-state index contributed by atoms with van der Waals surface area (Å²) >= 11 is 0. The minimum atomic E-state index is 0.452. The number of hydrogen-bond acceptors (Lipinski definition) is 0. The molecule has 0 heterocycles. The number of allylic oxidation sites excluding steroid dienone is 4. The molecular formula is C15H26. The summed E-state index contributed by atoms with van der Waals surface area (Å²) in [5, 5.41) is 0. The first kappa shape index (κ1) is 12.5. The highest BCUT2D eigenvalue weighted by Gasteiger charge is 2.29. The van der Waals surface area contributed by atoms with E-state index < -0.39 is 0 Å². The molecule has 0 saturated carbocycles. The SMILES string of the molecule is CC/C(C)=C\CC(C)C1=CCCC1(C)C. The summed E-state index contributed by atoms with van der Waals surface area (Å²) in [7, 11) is 0. The number of rotatable bonds is 4. The van der Waals surface area contributed by atoms with Gasteiger partial charge in [-0.2, -0.15) is 0 Å². The van der Waals surface area contributed by atoms with Crippen molar-refractivity contribution in [2.75, 3.05) is 0 Å². The van der Waals surface area contributed by atoms with Gasteiger partial charge >= 0.3 is 0 Å². The Morgan fingerprint density at radius 3 is 2.67 bits per heavy atom. The van der Waals surface area contributed by atoms with E-state index in [9.17, 15) is 0 Å². The summed E-state index contributed by atoms with van der Waals surface area (Å²) in [4.78, 5) is 0. The van der Waals surface area contributed by atoms with Crippen molar-refractivity contribution in [3.8, 4) is 0 Å². The zero-order chi connectivity index (χ0) is 11.5. The van der Waals surface area contributed by atoms with E-state index >= 15 is 0 Å². The van der Waals surface area contributed by atoms with Crippen molar-refractivity contribution >= 4 is 0 Å². The smallest absolute Gasteiger partial charge is 0.0139 e. The van der Waals surface area contributed by atoms with E-state index in [-0.39, 0.29) is 0 Å². The molecule has 86 valence electrons. The molecular weight excluding hydrogens is 180 g/mol. The topological polar surface area (TPSA) is 0 Å². The van der Waals surface area contributed by atoms with Gasteiger partial charge in [-0.05, 0) is 43.9 Å². The van der Waals surface area contributed by atoms with Crippen molar-refractivity contribution in [1.82, 2.24) is 0 Å². The van der Waals surface area contributed by atoms with Crippen molar-refractivity contribution < 1.29 is 0 Å². The van der Waals surface area contributed by atoms with Gasteiger partial charge in [0.2, 0.25) is 0 Å². The Morgan fingerprint density at radius 1 is 1.53 bits per heavy atom. The molecule has 0 saturated heterocycles. The molecule has 0 heteroatoms. The zero-order valence-corrected chi connectivity index (χ0v) is 11.1. The fraction of sp³-hybridized carbons (Fsp3) is 0.733. The van der Waals surface area contributed by atoms with Gasteiger partial charge in [0.1, 0.15) is 0 Å². The lowest BCUT2D eigenvalue weighted by Gasteiger charge is -2.27. The van der Waals surface area contributed by atoms with E-state index in [2.05, 4.69) is 46.8 Å². The van der Waals surface area contributed by atoms with Crippen molar-refractivity contribution in [2.45, 2.75) is 60.3 Å². The first-order valence-corrected chi connectivity index (χ1v) is 6.33. The normalized spacial score (nSPS) is 22.7. The summed E-state index contributed by atoms with van der Waals surface area (Å²) in [6.45, 7) is 11.6. The molecule has 1 aliphatic rings. The third-order valence-corrected chi connectivity index (χ3v) is 3.82. The molecule has 0 fully saturated rings. The van der Waals surface area contributed by atoms with Gasteiger partial charge in [0, 0.05) is 0 Å². The minimum Gasteiger partial charge on any atom is -0.0850 e. The molecule has 1 aliphatic carbocycles. The molecule has 1 unspecified atom stereocenters. The number of hydrogen-bond donors (Lipinski definition) is 0. The van der Waals surface area contributed by atoms with Crippen LogP contribution in [0.2, 0.25) is 0 Å². The first-order chi connectivity index (χ1) is 6.97. The van der Waals surface area contributed by atoms with Crippen LogP contribution < -0.4 is 0 Å². The summed E-state index contributed by atoms with van der Waals surface area (Å²) in [5.74, 6) is 0.726. The summed E-state index contributed by atoms with van der Waals surface area (Å²) in [5.41, 5.74) is 3.66. The largest absolute Gasteiger partial charge is 0.0850 e. The van der Waals surface area contributed by atoms with E-state index in [1.807, 2.05) is 0 Å². The standard InChI is InChI=1S/C15H26/c1-6-12(2)9-10-13(3)14-8-7-11-15(14,4)5/h8-9,13H,6-7,10-11H2,1-5H3/b12-9-. The lowest BCUT2D eigenvalue weighted by molar-refractivity contribution is 0.398. The molecule has 0 nitrogen and oxygen atoms in total. The van der Waals surface area contributed by atoms with Crippen LogP contribution in [0.5, 0.6) is 0 Å². The Hall–Kier alpha value is -0.520. The van der Waals surface area contributed by atoms with Crippen LogP contribution in [0.15, 0.2) is 23.3 Å². The van der Waals surface area contributed by atoms with Gasteiger partial charge < -0.3 is 0 Å². The quantitative estimate of drug-likeness (QED) is 0.560. The van der Waals surface area contributed by atoms with E-state index in [1.165, 1.54) is 31.3 Å². The summed E-state index contributed by atoms with van der Waals surface area (Å²) in [6.07, 6.45) is 9.91. The molecule has 0 radical (unpaired) electrons. The van der Waals surface area contributed by atoms with E-state index in [0.29, 0.717) is 5.41 Å². The Labute approximate surface area is 95.5 Å². The van der Waals surface area contributed by atoms with Gasteiger partial charge in [-0.3, -0.25) is 0 Å². The predicted molar refractivity (Wildman–Crippen MR) is 68.9 cm³/mol. The van der Waals surface area contributed by atoms with Gasteiger partial charge in [-0.15, -0.1) is 0 Å². The average Bonchev–Trinajstić information content (AvgIpc) is 2.53. The maximum atomic E-state index is 2.47. The third kappa shape index (κ3) is 3.22. The lowest BCUT2D eigenvalue weighted by Crippen LogP contribution is -2.15. The molecule has 1 atom stereocenters. The van der Waals surface area contributed by atoms with Crippen molar-refractivity contribution in [2.24, 2.45) is 11.3 Å². The second-order valence-corrected chi connectivity index (χ2v) is 5.62. The van der Waals surface area contributed by atoms with Gasteiger partial charge in [-0.25, -0.2) is 0 Å². The molecule has 0 spiro atoms. The van der Waals surface area contributed by atoms with Gasteiger partial charge in [0.25, 0.3) is 0 Å². The van der Waals surface area contributed by atoms with Crippen LogP contribution in [-0.4, -0.2) is 0 Å². The second-order valence-electron chi connectivity index (χ2n) is 5.62. The lowest BCUT2D eigenvalue weighted by atomic mass is 9.78. The maximum absolute atomic E-state index is 2.47. The molecule has 0 aromatic carbocycles. The molecule has 15 heavy (non-hydrogen) atoms. The Balaban J connectivity index is 2.58. The maximum Gasteiger partial charge on any atom is -0.0139 e. The van der Waals surface area contributed by atoms with Gasteiger partial charge in [0.15, 0.2) is 0 Å². The van der Waals surface area contributed by atoms with Crippen LogP contribution in [-0.2, 0) is 0 Å². The first-order valence-electron chi connectivity index (χ1n) is 6.33. The van der Waals surface area contributed by atoms with Crippen LogP contribution in [0.1, 0.15) is 60.3 Å². The van der Waals surface area contributed by atoms with Crippen molar-refractivity contribution in [3.63, 3.8) is 0 Å². The molecule has 0 N–H and O–H groups in total. The summed E-state index contributed by atoms with van der Waals surface area (Å²) in [6, 6.07) is 0. The van der Waals surface area contributed by atoms with E-state index in [4.69, 9.17) is 0 Å². The fourth-order valence-electron chi connectivity index (χ4n) is 2.53. The molecule has 0 aromatic heterocycles. The molecule has 0 amide bonds. The molecule has 0 bridgehead atoms. The van der Waals surface area contributed by atoms with Crippen LogP contribution in [0.3, 0.4) is 0 Å². The Morgan fingerprint density at radius 2 is 2.20 bits per heavy atom. The van der Waals surface area contributed by atoms with Gasteiger partial charge in [0.05, 0.1) is 0 Å². The highest BCUT2D eigenvalue weighted by Crippen LogP contribution is 2.42. The highest BCUT2D eigenvalue weighted by atomic mass is 14.3. The van der Waals surface area contributed by atoms with Crippen molar-refractivity contribution in [1.29, 1.82) is 0 Å². The third-order valence-electron chi connectivity index (χ3n) is 3.82. The average molecular weight is 206 g/mol. The van der Waals surface area contributed by atoms with Crippen LogP contribution in [0.25, 0.3) is 0 Å². The monoisotopic (exact) mass is 206 g/mol. The molecule has 1 rings (SSSR count).